The van der Waals surface area contributed by atoms with Crippen molar-refractivity contribution in [3.63, 3.8) is 0 Å². The van der Waals surface area contributed by atoms with Gasteiger partial charge in [0.2, 0.25) is 5.75 Å². The van der Waals surface area contributed by atoms with E-state index in [1.165, 1.54) is 24.3 Å². The largest absolute Gasteiger partial charge is 0.504 e. The number of benzene rings is 1. The third-order valence-corrected chi connectivity index (χ3v) is 1.51. The van der Waals surface area contributed by atoms with Crippen LogP contribution in [0.25, 0.3) is 0 Å². The predicted octanol–water partition coefficient (Wildman–Crippen LogP) is 1.58. The van der Waals surface area contributed by atoms with Crippen LogP contribution in [0.3, 0.4) is 0 Å². The number of carbonyl (C=O) groups excluding carboxylic acids is 1. The second-order valence-electron chi connectivity index (χ2n) is 2.59. The summed E-state index contributed by atoms with van der Waals surface area (Å²) in [5.41, 5.74) is 0. The Morgan fingerprint density at radius 1 is 1.50 bits per heavy atom. The van der Waals surface area contributed by atoms with Crippen LogP contribution in [0, 0.1) is 0 Å². The van der Waals surface area contributed by atoms with Crippen molar-refractivity contribution in [1.82, 2.24) is 0 Å². The fraction of sp³-hybridized carbons (Fsp3) is 0.100. The summed E-state index contributed by atoms with van der Waals surface area (Å²) in [7, 11) is 0. The van der Waals surface area contributed by atoms with Crippen LogP contribution >= 0.6 is 0 Å². The van der Waals surface area contributed by atoms with Gasteiger partial charge >= 0.3 is 5.97 Å². The first kappa shape index (κ1) is 10.1. The van der Waals surface area contributed by atoms with Crippen molar-refractivity contribution < 1.29 is 19.7 Å². The number of ether oxygens (including phenoxy) is 1. The number of carbonyl (C=O) groups is 1. The van der Waals surface area contributed by atoms with E-state index in [0.717, 1.165) is 0 Å². The highest BCUT2D eigenvalue weighted by Gasteiger charge is 2.10. The fourth-order valence-corrected chi connectivity index (χ4v) is 0.875. The van der Waals surface area contributed by atoms with Gasteiger partial charge in [-0.2, -0.15) is 0 Å². The van der Waals surface area contributed by atoms with Gasteiger partial charge in [0, 0.05) is 0 Å². The molecule has 0 saturated carbocycles. The molecule has 0 spiro atoms. The summed E-state index contributed by atoms with van der Waals surface area (Å²) in [6.45, 7) is 3.37. The minimum absolute atomic E-state index is 0.0507. The SMILES string of the molecule is C=CCC(=O)Oc1cccc(O)c1O. The first-order valence-electron chi connectivity index (χ1n) is 3.97. The van der Waals surface area contributed by atoms with Crippen molar-refractivity contribution in [2.24, 2.45) is 0 Å². The molecule has 1 rings (SSSR count). The molecular weight excluding hydrogens is 184 g/mol. The van der Waals surface area contributed by atoms with Gasteiger partial charge < -0.3 is 14.9 Å². The van der Waals surface area contributed by atoms with E-state index in [-0.39, 0.29) is 17.9 Å². The third kappa shape index (κ3) is 2.26. The Morgan fingerprint density at radius 2 is 2.21 bits per heavy atom. The summed E-state index contributed by atoms with van der Waals surface area (Å²) in [4.78, 5) is 11.0. The van der Waals surface area contributed by atoms with Crippen LogP contribution < -0.4 is 4.74 Å². The van der Waals surface area contributed by atoms with E-state index < -0.39 is 11.7 Å². The zero-order valence-corrected chi connectivity index (χ0v) is 7.43. The van der Waals surface area contributed by atoms with Crippen LogP contribution in [0.15, 0.2) is 30.9 Å². The maximum Gasteiger partial charge on any atom is 0.315 e. The van der Waals surface area contributed by atoms with Gasteiger partial charge in [-0.05, 0) is 12.1 Å². The Balaban J connectivity index is 2.81. The van der Waals surface area contributed by atoms with E-state index in [0.29, 0.717) is 0 Å². The number of para-hydroxylation sites is 1. The van der Waals surface area contributed by atoms with E-state index in [2.05, 4.69) is 6.58 Å². The lowest BCUT2D eigenvalue weighted by Gasteiger charge is -2.05. The van der Waals surface area contributed by atoms with Gasteiger partial charge in [-0.1, -0.05) is 12.1 Å². The molecule has 14 heavy (non-hydrogen) atoms. The lowest BCUT2D eigenvalue weighted by Crippen LogP contribution is -2.05. The van der Waals surface area contributed by atoms with Gasteiger partial charge in [0.05, 0.1) is 6.42 Å². The lowest BCUT2D eigenvalue weighted by atomic mass is 10.3. The topological polar surface area (TPSA) is 66.8 Å². The summed E-state index contributed by atoms with van der Waals surface area (Å²) in [6, 6.07) is 4.14. The van der Waals surface area contributed by atoms with Crippen molar-refractivity contribution in [2.75, 3.05) is 0 Å². The second kappa shape index (κ2) is 4.32. The molecule has 4 heteroatoms. The summed E-state index contributed by atoms with van der Waals surface area (Å²) in [6.07, 6.45) is 1.44. The van der Waals surface area contributed by atoms with Crippen LogP contribution in [0.5, 0.6) is 17.2 Å². The molecule has 0 aromatic heterocycles. The first-order chi connectivity index (χ1) is 6.65. The monoisotopic (exact) mass is 194 g/mol. The Kier molecular flexibility index (Phi) is 3.12. The molecule has 0 bridgehead atoms. The minimum Gasteiger partial charge on any atom is -0.504 e. The van der Waals surface area contributed by atoms with E-state index in [1.807, 2.05) is 0 Å². The van der Waals surface area contributed by atoms with E-state index in [9.17, 15) is 9.90 Å². The molecule has 0 heterocycles. The molecule has 0 atom stereocenters. The van der Waals surface area contributed by atoms with E-state index >= 15 is 0 Å². The standard InChI is InChI=1S/C10H10O4/c1-2-4-9(12)14-8-6-3-5-7(11)10(8)13/h2-3,5-6,11,13H,1,4H2. The zero-order valence-electron chi connectivity index (χ0n) is 7.43. The highest BCUT2D eigenvalue weighted by molar-refractivity contribution is 5.75. The molecule has 0 aliphatic rings. The fourth-order valence-electron chi connectivity index (χ4n) is 0.875. The van der Waals surface area contributed by atoms with Gasteiger partial charge in [-0.25, -0.2) is 0 Å². The Hall–Kier alpha value is -1.97. The molecule has 0 amide bonds. The predicted molar refractivity (Wildman–Crippen MR) is 50.2 cm³/mol. The Morgan fingerprint density at radius 3 is 2.86 bits per heavy atom. The van der Waals surface area contributed by atoms with Crippen LogP contribution in [-0.4, -0.2) is 16.2 Å². The Bertz CT molecular complexity index is 357. The second-order valence-corrected chi connectivity index (χ2v) is 2.59. The lowest BCUT2D eigenvalue weighted by molar-refractivity contribution is -0.133. The first-order valence-corrected chi connectivity index (χ1v) is 3.97. The van der Waals surface area contributed by atoms with Crippen molar-refractivity contribution in [1.29, 1.82) is 0 Å². The molecule has 2 N–H and O–H groups in total. The highest BCUT2D eigenvalue weighted by Crippen LogP contribution is 2.34. The van der Waals surface area contributed by atoms with E-state index in [4.69, 9.17) is 9.84 Å². The molecule has 4 nitrogen and oxygen atoms in total. The van der Waals surface area contributed by atoms with Crippen LogP contribution in [-0.2, 0) is 4.79 Å². The van der Waals surface area contributed by atoms with Crippen LogP contribution in [0.1, 0.15) is 6.42 Å². The number of phenolic OH excluding ortho intramolecular Hbond substituents is 2. The van der Waals surface area contributed by atoms with Gasteiger partial charge in [-0.15, -0.1) is 6.58 Å². The number of phenols is 2. The van der Waals surface area contributed by atoms with Crippen molar-refractivity contribution in [3.8, 4) is 17.2 Å². The summed E-state index contributed by atoms with van der Waals surface area (Å²) in [5, 5.41) is 18.3. The molecule has 74 valence electrons. The quantitative estimate of drug-likeness (QED) is 0.332. The summed E-state index contributed by atoms with van der Waals surface area (Å²) >= 11 is 0. The summed E-state index contributed by atoms with van der Waals surface area (Å²) < 4.78 is 4.75. The molecule has 1 aromatic carbocycles. The third-order valence-electron chi connectivity index (χ3n) is 1.51. The summed E-state index contributed by atoms with van der Waals surface area (Å²) in [5.74, 6) is -1.36. The number of hydrogen-bond acceptors (Lipinski definition) is 4. The number of hydrogen-bond donors (Lipinski definition) is 2. The van der Waals surface area contributed by atoms with Crippen molar-refractivity contribution in [3.05, 3.63) is 30.9 Å². The molecule has 0 saturated heterocycles. The smallest absolute Gasteiger partial charge is 0.315 e. The maximum absolute atomic E-state index is 11.0. The van der Waals surface area contributed by atoms with Gasteiger partial charge in [0.15, 0.2) is 11.5 Å². The molecular formula is C10H10O4. The molecule has 0 unspecified atom stereocenters. The van der Waals surface area contributed by atoms with Crippen LogP contribution in [0.2, 0.25) is 0 Å². The number of rotatable bonds is 3. The van der Waals surface area contributed by atoms with Gasteiger partial charge in [0.25, 0.3) is 0 Å². The molecule has 0 aliphatic carbocycles. The number of aromatic hydroxyl groups is 2. The number of esters is 1. The van der Waals surface area contributed by atoms with Crippen molar-refractivity contribution in [2.45, 2.75) is 6.42 Å². The zero-order chi connectivity index (χ0) is 10.6. The maximum atomic E-state index is 11.0. The molecule has 0 fully saturated rings. The average molecular weight is 194 g/mol. The van der Waals surface area contributed by atoms with E-state index in [1.54, 1.807) is 0 Å². The van der Waals surface area contributed by atoms with Crippen molar-refractivity contribution >= 4 is 5.97 Å². The molecule has 1 aromatic rings. The Labute approximate surface area is 81.1 Å². The molecule has 0 aliphatic heterocycles. The highest BCUT2D eigenvalue weighted by atomic mass is 16.5. The van der Waals surface area contributed by atoms with Crippen LogP contribution in [0.4, 0.5) is 0 Å². The normalized spacial score (nSPS) is 9.43. The van der Waals surface area contributed by atoms with Gasteiger partial charge in [-0.3, -0.25) is 4.79 Å². The minimum atomic E-state index is -0.541. The molecule has 0 radical (unpaired) electrons. The average Bonchev–Trinajstić information content (AvgIpc) is 2.13. The van der Waals surface area contributed by atoms with Gasteiger partial charge in [0.1, 0.15) is 0 Å².